The molecule has 0 heterocycles. The summed E-state index contributed by atoms with van der Waals surface area (Å²) < 4.78 is 0. The fraction of sp³-hybridized carbons (Fsp3) is 0.300. The van der Waals surface area contributed by atoms with E-state index in [1.807, 2.05) is 6.07 Å². The Morgan fingerprint density at radius 2 is 2.23 bits per heavy atom. The number of guanidine groups is 1. The molecule has 68 valence electrons. The van der Waals surface area contributed by atoms with Gasteiger partial charge in [0.2, 0.25) is 0 Å². The molecule has 0 fully saturated rings. The number of rotatable bonds is 1. The number of hydrogen-bond acceptors (Lipinski definition) is 1. The van der Waals surface area contributed by atoms with Gasteiger partial charge in [0.15, 0.2) is 5.96 Å². The Morgan fingerprint density at radius 3 is 3.00 bits per heavy atom. The van der Waals surface area contributed by atoms with Crippen molar-refractivity contribution in [2.45, 2.75) is 18.9 Å². The summed E-state index contributed by atoms with van der Waals surface area (Å²) in [6.45, 7) is 0. The zero-order valence-corrected chi connectivity index (χ0v) is 7.38. The van der Waals surface area contributed by atoms with Crippen LogP contribution < -0.4 is 11.1 Å². The lowest BCUT2D eigenvalue weighted by Gasteiger charge is -2.12. The van der Waals surface area contributed by atoms with E-state index < -0.39 is 0 Å². The van der Waals surface area contributed by atoms with Gasteiger partial charge in [-0.2, -0.15) is 0 Å². The highest BCUT2D eigenvalue weighted by Crippen LogP contribution is 2.30. The van der Waals surface area contributed by atoms with E-state index >= 15 is 0 Å². The van der Waals surface area contributed by atoms with E-state index in [0.29, 0.717) is 0 Å². The highest BCUT2D eigenvalue weighted by Gasteiger charge is 2.21. The van der Waals surface area contributed by atoms with Crippen LogP contribution in [0.2, 0.25) is 0 Å². The average Bonchev–Trinajstić information content (AvgIpc) is 2.48. The van der Waals surface area contributed by atoms with E-state index in [-0.39, 0.29) is 12.0 Å². The van der Waals surface area contributed by atoms with Gasteiger partial charge in [-0.15, -0.1) is 0 Å². The van der Waals surface area contributed by atoms with Crippen molar-refractivity contribution >= 4 is 5.96 Å². The molecule has 0 radical (unpaired) electrons. The molecular formula is C10H13N3. The number of nitrogens with one attached hydrogen (secondary N) is 2. The van der Waals surface area contributed by atoms with Crippen LogP contribution in [0.4, 0.5) is 0 Å². The average molecular weight is 175 g/mol. The lowest BCUT2D eigenvalue weighted by Crippen LogP contribution is -2.32. The first-order valence-corrected chi connectivity index (χ1v) is 4.46. The fourth-order valence-corrected chi connectivity index (χ4v) is 1.89. The third-order valence-corrected chi connectivity index (χ3v) is 2.46. The van der Waals surface area contributed by atoms with Crippen molar-refractivity contribution in [2.24, 2.45) is 5.73 Å². The van der Waals surface area contributed by atoms with Crippen LogP contribution in [0.5, 0.6) is 0 Å². The Morgan fingerprint density at radius 1 is 1.46 bits per heavy atom. The maximum Gasteiger partial charge on any atom is 0.186 e. The van der Waals surface area contributed by atoms with Crippen LogP contribution in [0.25, 0.3) is 0 Å². The third kappa shape index (κ3) is 1.49. The zero-order valence-electron chi connectivity index (χ0n) is 7.38. The first-order valence-electron chi connectivity index (χ1n) is 4.46. The molecule has 3 heteroatoms. The summed E-state index contributed by atoms with van der Waals surface area (Å²) in [7, 11) is 0. The number of nitrogens with two attached hydrogens (primary N) is 1. The normalized spacial score (nSPS) is 19.5. The molecule has 3 nitrogen and oxygen atoms in total. The van der Waals surface area contributed by atoms with Gasteiger partial charge < -0.3 is 11.1 Å². The smallest absolute Gasteiger partial charge is 0.186 e. The van der Waals surface area contributed by atoms with E-state index in [4.69, 9.17) is 11.1 Å². The molecule has 13 heavy (non-hydrogen) atoms. The van der Waals surface area contributed by atoms with Crippen molar-refractivity contribution in [1.29, 1.82) is 5.41 Å². The van der Waals surface area contributed by atoms with Crippen LogP contribution in [0.3, 0.4) is 0 Å². The lowest BCUT2D eigenvalue weighted by molar-refractivity contribution is 0.634. The zero-order chi connectivity index (χ0) is 9.26. The van der Waals surface area contributed by atoms with E-state index in [2.05, 4.69) is 23.5 Å². The maximum absolute atomic E-state index is 7.17. The lowest BCUT2D eigenvalue weighted by atomic mass is 10.1. The fourth-order valence-electron chi connectivity index (χ4n) is 1.89. The highest BCUT2D eigenvalue weighted by molar-refractivity contribution is 5.75. The molecule has 0 unspecified atom stereocenters. The topological polar surface area (TPSA) is 61.9 Å². The molecule has 0 aliphatic heterocycles. The molecule has 1 aliphatic carbocycles. The molecule has 1 aromatic rings. The van der Waals surface area contributed by atoms with Crippen LogP contribution >= 0.6 is 0 Å². The van der Waals surface area contributed by atoms with Crippen molar-refractivity contribution in [3.63, 3.8) is 0 Å². The van der Waals surface area contributed by atoms with E-state index in [0.717, 1.165) is 12.8 Å². The Balaban J connectivity index is 2.23. The SMILES string of the molecule is N=C(N)N[C@@H]1CCc2ccccc21. The number of fused-ring (bicyclic) bond motifs is 1. The van der Waals surface area contributed by atoms with Gasteiger partial charge in [-0.25, -0.2) is 0 Å². The maximum atomic E-state index is 7.17. The van der Waals surface area contributed by atoms with Crippen molar-refractivity contribution in [3.8, 4) is 0 Å². The second kappa shape index (κ2) is 3.09. The summed E-state index contributed by atoms with van der Waals surface area (Å²) in [6, 6.07) is 8.56. The number of aryl methyl sites for hydroxylation is 1. The van der Waals surface area contributed by atoms with E-state index in [1.54, 1.807) is 0 Å². The van der Waals surface area contributed by atoms with Crippen molar-refractivity contribution in [3.05, 3.63) is 35.4 Å². The third-order valence-electron chi connectivity index (χ3n) is 2.46. The second-order valence-corrected chi connectivity index (χ2v) is 3.35. The monoisotopic (exact) mass is 175 g/mol. The summed E-state index contributed by atoms with van der Waals surface area (Å²) >= 11 is 0. The molecule has 0 amide bonds. The summed E-state index contributed by atoms with van der Waals surface area (Å²) in [5, 5.41) is 10.1. The Hall–Kier alpha value is -1.51. The molecule has 4 N–H and O–H groups in total. The van der Waals surface area contributed by atoms with Gasteiger partial charge in [0.1, 0.15) is 0 Å². The molecule has 0 saturated heterocycles. The molecule has 1 aromatic carbocycles. The predicted octanol–water partition coefficient (Wildman–Crippen LogP) is 1.16. The van der Waals surface area contributed by atoms with Crippen molar-refractivity contribution in [2.75, 3.05) is 0 Å². The molecule has 0 aromatic heterocycles. The molecule has 0 saturated carbocycles. The molecule has 1 aliphatic rings. The van der Waals surface area contributed by atoms with Crippen LogP contribution in [-0.4, -0.2) is 5.96 Å². The van der Waals surface area contributed by atoms with Gasteiger partial charge in [-0.3, -0.25) is 5.41 Å². The Kier molecular flexibility index (Phi) is 1.93. The molecule has 2 rings (SSSR count). The summed E-state index contributed by atoms with van der Waals surface area (Å²) in [4.78, 5) is 0. The van der Waals surface area contributed by atoms with E-state index in [9.17, 15) is 0 Å². The van der Waals surface area contributed by atoms with Gasteiger partial charge in [-0.05, 0) is 24.0 Å². The minimum Gasteiger partial charge on any atom is -0.370 e. The van der Waals surface area contributed by atoms with Gasteiger partial charge in [-0.1, -0.05) is 24.3 Å². The Bertz CT molecular complexity index is 333. The van der Waals surface area contributed by atoms with Crippen LogP contribution in [0, 0.1) is 5.41 Å². The molecule has 0 bridgehead atoms. The quantitative estimate of drug-likeness (QED) is 0.443. The second-order valence-electron chi connectivity index (χ2n) is 3.35. The summed E-state index contributed by atoms with van der Waals surface area (Å²) in [6.07, 6.45) is 2.13. The van der Waals surface area contributed by atoms with Crippen molar-refractivity contribution in [1.82, 2.24) is 5.32 Å². The van der Waals surface area contributed by atoms with Gasteiger partial charge in [0, 0.05) is 0 Å². The molecule has 0 spiro atoms. The van der Waals surface area contributed by atoms with Crippen LogP contribution in [0.1, 0.15) is 23.6 Å². The summed E-state index contributed by atoms with van der Waals surface area (Å²) in [5.74, 6) is 0.0571. The van der Waals surface area contributed by atoms with Crippen molar-refractivity contribution < 1.29 is 0 Å². The van der Waals surface area contributed by atoms with Crippen LogP contribution in [0.15, 0.2) is 24.3 Å². The van der Waals surface area contributed by atoms with Crippen LogP contribution in [-0.2, 0) is 6.42 Å². The minimum atomic E-state index is 0.0571. The summed E-state index contributed by atoms with van der Waals surface area (Å²) in [5.41, 5.74) is 7.97. The minimum absolute atomic E-state index is 0.0571. The largest absolute Gasteiger partial charge is 0.370 e. The standard InChI is InChI=1S/C10H13N3/c11-10(12)13-9-6-5-7-3-1-2-4-8(7)9/h1-4,9H,5-6H2,(H4,11,12,13)/t9-/m1/s1. The van der Waals surface area contributed by atoms with Gasteiger partial charge in [0.25, 0.3) is 0 Å². The Labute approximate surface area is 77.5 Å². The first kappa shape index (κ1) is 8.10. The molecule has 1 atom stereocenters. The van der Waals surface area contributed by atoms with Gasteiger partial charge in [0.05, 0.1) is 6.04 Å². The van der Waals surface area contributed by atoms with Gasteiger partial charge >= 0.3 is 0 Å². The number of benzene rings is 1. The molecular weight excluding hydrogens is 162 g/mol. The number of hydrogen-bond donors (Lipinski definition) is 3. The first-order chi connectivity index (χ1) is 6.27. The van der Waals surface area contributed by atoms with E-state index in [1.165, 1.54) is 11.1 Å². The highest BCUT2D eigenvalue weighted by atomic mass is 15.1. The predicted molar refractivity (Wildman–Crippen MR) is 52.6 cm³/mol.